The van der Waals surface area contributed by atoms with Crippen molar-refractivity contribution < 1.29 is 13.6 Å². The maximum Gasteiger partial charge on any atom is 0.227 e. The summed E-state index contributed by atoms with van der Waals surface area (Å²) in [5, 5.41) is 0. The fourth-order valence-corrected chi connectivity index (χ4v) is 2.56. The molecule has 1 heterocycles. The van der Waals surface area contributed by atoms with E-state index < -0.39 is 11.6 Å². The molecule has 1 aliphatic heterocycles. The van der Waals surface area contributed by atoms with Gasteiger partial charge in [0.15, 0.2) is 11.6 Å². The highest BCUT2D eigenvalue weighted by Crippen LogP contribution is 2.32. The Morgan fingerprint density at radius 1 is 1.41 bits per heavy atom. The van der Waals surface area contributed by atoms with Crippen LogP contribution in [0.5, 0.6) is 0 Å². The molecule has 0 spiro atoms. The van der Waals surface area contributed by atoms with Gasteiger partial charge in [0, 0.05) is 17.4 Å². The molecule has 6 heteroatoms. The van der Waals surface area contributed by atoms with Gasteiger partial charge in [-0.2, -0.15) is 12.6 Å². The zero-order valence-corrected chi connectivity index (χ0v) is 11.3. The van der Waals surface area contributed by atoms with Crippen molar-refractivity contribution in [3.63, 3.8) is 0 Å². The van der Waals surface area contributed by atoms with Crippen LogP contribution < -0.4 is 4.90 Å². The second-order valence-corrected chi connectivity index (χ2v) is 5.26. The van der Waals surface area contributed by atoms with Crippen molar-refractivity contribution >= 4 is 40.2 Å². The summed E-state index contributed by atoms with van der Waals surface area (Å²) in [4.78, 5) is 12.8. The van der Waals surface area contributed by atoms with E-state index in [4.69, 9.17) is 0 Å². The molecule has 0 aliphatic carbocycles. The van der Waals surface area contributed by atoms with Gasteiger partial charge in [-0.05, 0) is 23.8 Å². The van der Waals surface area contributed by atoms with Crippen molar-refractivity contribution in [2.24, 2.45) is 5.92 Å². The van der Waals surface area contributed by atoms with Crippen LogP contribution in [-0.2, 0) is 4.79 Å². The third-order valence-corrected chi connectivity index (χ3v) is 3.69. The largest absolute Gasteiger partial charge is 0.307 e. The molecule has 1 saturated heterocycles. The first-order valence-electron chi connectivity index (χ1n) is 5.08. The molecule has 17 heavy (non-hydrogen) atoms. The van der Waals surface area contributed by atoms with Gasteiger partial charge in [0.25, 0.3) is 0 Å². The minimum Gasteiger partial charge on any atom is -0.307 e. The average Bonchev–Trinajstić information content (AvgIpc) is 2.59. The lowest BCUT2D eigenvalue weighted by atomic mass is 10.1. The zero-order valence-electron chi connectivity index (χ0n) is 8.79. The maximum absolute atomic E-state index is 13.7. The van der Waals surface area contributed by atoms with E-state index in [1.807, 2.05) is 0 Å². The molecule has 1 unspecified atom stereocenters. The summed E-state index contributed by atoms with van der Waals surface area (Å²) >= 11 is 7.10. The lowest BCUT2D eigenvalue weighted by Crippen LogP contribution is -2.26. The van der Waals surface area contributed by atoms with Crippen LogP contribution in [0.25, 0.3) is 0 Å². The number of anilines is 1. The van der Waals surface area contributed by atoms with E-state index in [-0.39, 0.29) is 17.5 Å². The molecule has 0 bridgehead atoms. The number of rotatable bonds is 2. The molecule has 1 aromatic carbocycles. The van der Waals surface area contributed by atoms with Gasteiger partial charge < -0.3 is 4.90 Å². The van der Waals surface area contributed by atoms with E-state index >= 15 is 0 Å². The van der Waals surface area contributed by atoms with Crippen molar-refractivity contribution in [2.45, 2.75) is 6.42 Å². The van der Waals surface area contributed by atoms with Crippen molar-refractivity contribution in [1.29, 1.82) is 0 Å². The summed E-state index contributed by atoms with van der Waals surface area (Å²) < 4.78 is 27.7. The highest BCUT2D eigenvalue weighted by atomic mass is 79.9. The highest BCUT2D eigenvalue weighted by molar-refractivity contribution is 9.10. The Morgan fingerprint density at radius 3 is 2.47 bits per heavy atom. The SMILES string of the molecule is O=C1CC(CS)CN1c1c(F)cc(Br)cc1F. The molecule has 0 aromatic heterocycles. The van der Waals surface area contributed by atoms with Crippen LogP contribution in [0.1, 0.15) is 6.42 Å². The van der Waals surface area contributed by atoms with Gasteiger partial charge in [0.1, 0.15) is 5.69 Å². The van der Waals surface area contributed by atoms with Crippen LogP contribution in [0.4, 0.5) is 14.5 Å². The number of amides is 1. The quantitative estimate of drug-likeness (QED) is 0.830. The molecule has 1 amide bonds. The summed E-state index contributed by atoms with van der Waals surface area (Å²) in [5.74, 6) is -1.14. The minimum atomic E-state index is -0.731. The van der Waals surface area contributed by atoms with Crippen LogP contribution in [0, 0.1) is 17.6 Å². The third-order valence-electron chi connectivity index (χ3n) is 2.71. The van der Waals surface area contributed by atoms with Crippen molar-refractivity contribution in [2.75, 3.05) is 17.2 Å². The van der Waals surface area contributed by atoms with E-state index in [0.717, 1.165) is 17.0 Å². The summed E-state index contributed by atoms with van der Waals surface area (Å²) in [6.07, 6.45) is 0.290. The molecular weight excluding hydrogens is 312 g/mol. The van der Waals surface area contributed by atoms with E-state index in [1.54, 1.807) is 0 Å². The highest BCUT2D eigenvalue weighted by Gasteiger charge is 2.33. The Bertz CT molecular complexity index is 446. The third kappa shape index (κ3) is 2.47. The van der Waals surface area contributed by atoms with E-state index in [1.165, 1.54) is 0 Å². The molecule has 0 saturated carbocycles. The van der Waals surface area contributed by atoms with Gasteiger partial charge in [-0.1, -0.05) is 15.9 Å². The summed E-state index contributed by atoms with van der Waals surface area (Å²) in [7, 11) is 0. The smallest absolute Gasteiger partial charge is 0.227 e. The molecule has 1 aliphatic rings. The Labute approximate surface area is 112 Å². The number of hydrogen-bond donors (Lipinski definition) is 1. The summed E-state index contributed by atoms with van der Waals surface area (Å²) in [5.41, 5.74) is -0.262. The normalized spacial score (nSPS) is 20.1. The number of hydrogen-bond acceptors (Lipinski definition) is 2. The Morgan fingerprint density at radius 2 is 2.00 bits per heavy atom. The van der Waals surface area contributed by atoms with Crippen LogP contribution in [0.3, 0.4) is 0 Å². The number of benzene rings is 1. The van der Waals surface area contributed by atoms with Gasteiger partial charge in [0.2, 0.25) is 5.91 Å². The van der Waals surface area contributed by atoms with Crippen LogP contribution >= 0.6 is 28.6 Å². The number of thiol groups is 1. The van der Waals surface area contributed by atoms with Gasteiger partial charge in [-0.25, -0.2) is 8.78 Å². The minimum absolute atomic E-state index is 0.0493. The van der Waals surface area contributed by atoms with Crippen LogP contribution in [0.15, 0.2) is 16.6 Å². The molecule has 0 N–H and O–H groups in total. The Kier molecular flexibility index (Phi) is 3.73. The zero-order chi connectivity index (χ0) is 12.6. The summed E-state index contributed by atoms with van der Waals surface area (Å²) in [6.45, 7) is 0.317. The molecule has 2 rings (SSSR count). The van der Waals surface area contributed by atoms with Gasteiger partial charge >= 0.3 is 0 Å². The second-order valence-electron chi connectivity index (χ2n) is 3.98. The number of carbonyl (C=O) groups is 1. The van der Waals surface area contributed by atoms with Crippen molar-refractivity contribution in [3.8, 4) is 0 Å². The second kappa shape index (κ2) is 4.94. The van der Waals surface area contributed by atoms with E-state index in [2.05, 4.69) is 28.6 Å². The lowest BCUT2D eigenvalue weighted by Gasteiger charge is -2.18. The fraction of sp³-hybridized carbons (Fsp3) is 0.364. The predicted octanol–water partition coefficient (Wildman–Crippen LogP) is 3.01. The summed E-state index contributed by atoms with van der Waals surface area (Å²) in [6, 6.07) is 2.30. The molecule has 1 aromatic rings. The van der Waals surface area contributed by atoms with Gasteiger partial charge in [-0.15, -0.1) is 0 Å². The number of carbonyl (C=O) groups excluding carboxylic acids is 1. The van der Waals surface area contributed by atoms with Crippen LogP contribution in [0.2, 0.25) is 0 Å². The topological polar surface area (TPSA) is 20.3 Å². The van der Waals surface area contributed by atoms with Crippen molar-refractivity contribution in [3.05, 3.63) is 28.2 Å². The van der Waals surface area contributed by atoms with Gasteiger partial charge in [0.05, 0.1) is 0 Å². The van der Waals surface area contributed by atoms with E-state index in [0.29, 0.717) is 23.2 Å². The maximum atomic E-state index is 13.7. The number of halogens is 3. The molecule has 1 atom stereocenters. The van der Waals surface area contributed by atoms with Crippen LogP contribution in [-0.4, -0.2) is 18.2 Å². The molecule has 0 radical (unpaired) electrons. The average molecular weight is 322 g/mol. The Balaban J connectivity index is 2.38. The first-order valence-corrected chi connectivity index (χ1v) is 6.51. The molecule has 92 valence electrons. The predicted molar refractivity (Wildman–Crippen MR) is 68.4 cm³/mol. The molecular formula is C11H10BrF2NOS. The lowest BCUT2D eigenvalue weighted by molar-refractivity contribution is -0.117. The molecule has 2 nitrogen and oxygen atoms in total. The standard InChI is InChI=1S/C11H10BrF2NOS/c12-7-2-8(13)11(9(14)3-7)15-4-6(5-17)1-10(15)16/h2-3,6,17H,1,4-5H2. The first kappa shape index (κ1) is 12.8. The number of nitrogens with zero attached hydrogens (tertiary/aromatic N) is 1. The molecule has 1 fully saturated rings. The van der Waals surface area contributed by atoms with E-state index in [9.17, 15) is 13.6 Å². The fourth-order valence-electron chi connectivity index (χ4n) is 1.91. The Hall–Kier alpha value is -0.620. The monoisotopic (exact) mass is 321 g/mol. The van der Waals surface area contributed by atoms with Crippen molar-refractivity contribution in [1.82, 2.24) is 0 Å². The first-order chi connectivity index (χ1) is 8.02. The van der Waals surface area contributed by atoms with Gasteiger partial charge in [-0.3, -0.25) is 4.79 Å².